The van der Waals surface area contributed by atoms with E-state index in [1.165, 1.54) is 23.8 Å². The van der Waals surface area contributed by atoms with E-state index in [1.807, 2.05) is 0 Å². The van der Waals surface area contributed by atoms with Crippen molar-refractivity contribution in [3.8, 4) is 0 Å². The van der Waals surface area contributed by atoms with Crippen LogP contribution < -0.4 is 15.1 Å². The summed E-state index contributed by atoms with van der Waals surface area (Å²) >= 11 is 0. The fourth-order valence-electron chi connectivity index (χ4n) is 4.23. The summed E-state index contributed by atoms with van der Waals surface area (Å²) in [5.74, 6) is -0.222. The number of hydrogen-bond acceptors (Lipinski definition) is 4. The Labute approximate surface area is 154 Å². The van der Waals surface area contributed by atoms with Gasteiger partial charge in [-0.3, -0.25) is 14.9 Å². The molecule has 142 valence electrons. The molecule has 0 bridgehead atoms. The highest BCUT2D eigenvalue weighted by atomic mass is 16.6. The number of likely N-dealkylation sites (tertiary alicyclic amines) is 1. The Morgan fingerprint density at radius 2 is 2.08 bits per heavy atom. The largest absolute Gasteiger partial charge is 0.366 e. The SMILES string of the molecule is CC[NH+]1CCC[C@H]1CNC(=O)c1ccc(N2CCCCC2)c([N+](=O)[O-])c1. The monoisotopic (exact) mass is 361 g/mol. The first-order valence-electron chi connectivity index (χ1n) is 9.76. The lowest BCUT2D eigenvalue weighted by atomic mass is 10.1. The summed E-state index contributed by atoms with van der Waals surface area (Å²) in [6.07, 6.45) is 5.59. The lowest BCUT2D eigenvalue weighted by Gasteiger charge is -2.28. The van der Waals surface area contributed by atoms with Gasteiger partial charge in [-0.05, 0) is 38.3 Å². The summed E-state index contributed by atoms with van der Waals surface area (Å²) in [6.45, 7) is 6.69. The Morgan fingerprint density at radius 1 is 1.31 bits per heavy atom. The first-order chi connectivity index (χ1) is 12.6. The van der Waals surface area contributed by atoms with Gasteiger partial charge in [-0.1, -0.05) is 0 Å². The van der Waals surface area contributed by atoms with E-state index in [0.29, 0.717) is 23.8 Å². The molecule has 7 heteroatoms. The maximum Gasteiger partial charge on any atom is 0.293 e. The van der Waals surface area contributed by atoms with E-state index < -0.39 is 0 Å². The maximum atomic E-state index is 12.5. The molecule has 1 unspecified atom stereocenters. The van der Waals surface area contributed by atoms with E-state index in [-0.39, 0.29) is 16.5 Å². The molecule has 0 radical (unpaired) electrons. The van der Waals surface area contributed by atoms with Gasteiger partial charge in [0.25, 0.3) is 11.6 Å². The van der Waals surface area contributed by atoms with Crippen molar-refractivity contribution < 1.29 is 14.6 Å². The quantitative estimate of drug-likeness (QED) is 0.593. The highest BCUT2D eigenvalue weighted by molar-refractivity contribution is 5.95. The van der Waals surface area contributed by atoms with Gasteiger partial charge < -0.3 is 15.1 Å². The average molecular weight is 361 g/mol. The molecule has 7 nitrogen and oxygen atoms in total. The maximum absolute atomic E-state index is 12.5. The van der Waals surface area contributed by atoms with Crippen LogP contribution in [0.2, 0.25) is 0 Å². The molecule has 2 aliphatic heterocycles. The second-order valence-electron chi connectivity index (χ2n) is 7.32. The topological polar surface area (TPSA) is 79.9 Å². The van der Waals surface area contributed by atoms with Crippen LogP contribution in [0.4, 0.5) is 11.4 Å². The van der Waals surface area contributed by atoms with Gasteiger partial charge in [-0.25, -0.2) is 0 Å². The molecule has 0 saturated carbocycles. The van der Waals surface area contributed by atoms with Crippen molar-refractivity contribution in [1.29, 1.82) is 0 Å². The number of anilines is 1. The van der Waals surface area contributed by atoms with E-state index in [4.69, 9.17) is 0 Å². The third-order valence-corrected chi connectivity index (χ3v) is 5.72. The molecule has 1 amide bonds. The number of carbonyl (C=O) groups is 1. The Kier molecular flexibility index (Phi) is 6.08. The highest BCUT2D eigenvalue weighted by Gasteiger charge is 2.28. The fraction of sp³-hybridized carbons (Fsp3) is 0.632. The molecule has 0 aromatic heterocycles. The molecule has 0 spiro atoms. The average Bonchev–Trinajstić information content (AvgIpc) is 3.14. The van der Waals surface area contributed by atoms with Crippen LogP contribution in [0.3, 0.4) is 0 Å². The smallest absolute Gasteiger partial charge is 0.293 e. The van der Waals surface area contributed by atoms with Crippen molar-refractivity contribution in [3.63, 3.8) is 0 Å². The van der Waals surface area contributed by atoms with Crippen LogP contribution in [-0.4, -0.2) is 49.6 Å². The number of nitrogens with one attached hydrogen (secondary N) is 2. The first-order valence-corrected chi connectivity index (χ1v) is 9.76. The van der Waals surface area contributed by atoms with E-state index in [2.05, 4.69) is 17.1 Å². The Morgan fingerprint density at radius 3 is 2.77 bits per heavy atom. The van der Waals surface area contributed by atoms with Crippen molar-refractivity contribution in [3.05, 3.63) is 33.9 Å². The Balaban J connectivity index is 1.70. The number of piperidine rings is 1. The second-order valence-corrected chi connectivity index (χ2v) is 7.32. The minimum Gasteiger partial charge on any atom is -0.366 e. The van der Waals surface area contributed by atoms with Crippen LogP contribution in [0.15, 0.2) is 18.2 Å². The number of carbonyl (C=O) groups excluding carboxylic acids is 1. The summed E-state index contributed by atoms with van der Waals surface area (Å²) in [5.41, 5.74) is 1.03. The van der Waals surface area contributed by atoms with Crippen LogP contribution in [0.5, 0.6) is 0 Å². The molecule has 26 heavy (non-hydrogen) atoms. The van der Waals surface area contributed by atoms with E-state index in [1.54, 1.807) is 12.1 Å². The third-order valence-electron chi connectivity index (χ3n) is 5.72. The highest BCUT2D eigenvalue weighted by Crippen LogP contribution is 2.31. The minimum absolute atomic E-state index is 0.0289. The summed E-state index contributed by atoms with van der Waals surface area (Å²) in [4.78, 5) is 27.2. The summed E-state index contributed by atoms with van der Waals surface area (Å²) < 4.78 is 0. The normalized spacial score (nSPS) is 23.0. The molecule has 1 aromatic carbocycles. The number of hydrogen-bond donors (Lipinski definition) is 2. The van der Waals surface area contributed by atoms with E-state index >= 15 is 0 Å². The molecule has 3 rings (SSSR count). The molecule has 2 heterocycles. The number of rotatable bonds is 6. The van der Waals surface area contributed by atoms with Crippen molar-refractivity contribution >= 4 is 17.3 Å². The van der Waals surface area contributed by atoms with Crippen LogP contribution in [0.25, 0.3) is 0 Å². The molecule has 1 aromatic rings. The zero-order valence-corrected chi connectivity index (χ0v) is 15.5. The van der Waals surface area contributed by atoms with Gasteiger partial charge in [0.1, 0.15) is 11.7 Å². The van der Waals surface area contributed by atoms with Gasteiger partial charge in [0, 0.05) is 37.6 Å². The zero-order chi connectivity index (χ0) is 18.5. The number of likely N-dealkylation sites (N-methyl/N-ethyl adjacent to an activating group) is 1. The summed E-state index contributed by atoms with van der Waals surface area (Å²) in [6, 6.07) is 5.33. The minimum atomic E-state index is -0.374. The molecule has 2 fully saturated rings. The van der Waals surface area contributed by atoms with Crippen LogP contribution >= 0.6 is 0 Å². The number of nitro benzene ring substituents is 1. The second kappa shape index (κ2) is 8.49. The van der Waals surface area contributed by atoms with Crippen LogP contribution in [0, 0.1) is 10.1 Å². The molecule has 0 aliphatic carbocycles. The molecule has 2 aliphatic rings. The lowest BCUT2D eigenvalue weighted by Crippen LogP contribution is -3.14. The summed E-state index contributed by atoms with van der Waals surface area (Å²) in [5, 5.41) is 14.5. The predicted molar refractivity (Wildman–Crippen MR) is 101 cm³/mol. The molecule has 2 saturated heterocycles. The molecular formula is C19H29N4O3+. The fourth-order valence-corrected chi connectivity index (χ4v) is 4.23. The summed E-state index contributed by atoms with van der Waals surface area (Å²) in [7, 11) is 0. The molecule has 2 N–H and O–H groups in total. The van der Waals surface area contributed by atoms with Crippen molar-refractivity contribution in [2.45, 2.75) is 45.1 Å². The third kappa shape index (κ3) is 4.15. The first kappa shape index (κ1) is 18.6. The number of amides is 1. The number of quaternary nitrogens is 1. The van der Waals surface area contributed by atoms with Crippen LogP contribution in [-0.2, 0) is 0 Å². The van der Waals surface area contributed by atoms with Crippen molar-refractivity contribution in [2.75, 3.05) is 37.6 Å². The molecule has 2 atom stereocenters. The van der Waals surface area contributed by atoms with Gasteiger partial charge >= 0.3 is 0 Å². The van der Waals surface area contributed by atoms with Crippen molar-refractivity contribution in [2.24, 2.45) is 0 Å². The van der Waals surface area contributed by atoms with E-state index in [9.17, 15) is 14.9 Å². The predicted octanol–water partition coefficient (Wildman–Crippen LogP) is 1.38. The Bertz CT molecular complexity index is 658. The lowest BCUT2D eigenvalue weighted by molar-refractivity contribution is -0.909. The van der Waals surface area contributed by atoms with Gasteiger partial charge in [0.2, 0.25) is 0 Å². The number of nitrogens with zero attached hydrogens (tertiary/aromatic N) is 2. The number of nitro groups is 1. The van der Waals surface area contributed by atoms with Gasteiger partial charge in [-0.2, -0.15) is 0 Å². The number of benzene rings is 1. The van der Waals surface area contributed by atoms with E-state index in [0.717, 1.165) is 45.4 Å². The van der Waals surface area contributed by atoms with Gasteiger partial charge in [-0.15, -0.1) is 0 Å². The standard InChI is InChI=1S/C19H28N4O3/c1-2-21-12-6-7-16(21)14-20-19(24)15-8-9-17(18(13-15)23(25)26)22-10-4-3-5-11-22/h8-9,13,16H,2-7,10-12,14H2,1H3,(H,20,24)/p+1/t16-/m0/s1. The Hall–Kier alpha value is -2.15. The zero-order valence-electron chi connectivity index (χ0n) is 15.5. The van der Waals surface area contributed by atoms with Gasteiger partial charge in [0.15, 0.2) is 0 Å². The molecular weight excluding hydrogens is 332 g/mol. The van der Waals surface area contributed by atoms with Crippen LogP contribution in [0.1, 0.15) is 49.4 Å². The van der Waals surface area contributed by atoms with Gasteiger partial charge in [0.05, 0.1) is 24.6 Å². The van der Waals surface area contributed by atoms with Crippen molar-refractivity contribution in [1.82, 2.24) is 5.32 Å².